The van der Waals surface area contributed by atoms with E-state index in [1.54, 1.807) is 25.7 Å². The molecule has 0 spiro atoms. The molecule has 1 N–H and O–H groups in total. The van der Waals surface area contributed by atoms with Gasteiger partial charge in [-0.05, 0) is 36.2 Å². The molecule has 7 nitrogen and oxygen atoms in total. The van der Waals surface area contributed by atoms with Crippen molar-refractivity contribution in [3.05, 3.63) is 40.1 Å². The maximum Gasteiger partial charge on any atom is 0.350 e. The van der Waals surface area contributed by atoms with Gasteiger partial charge in [-0.25, -0.2) is 4.79 Å². The molecule has 1 amide bonds. The highest BCUT2D eigenvalue weighted by molar-refractivity contribution is 7.12. The molecular formula is C18H22N2O5S. The lowest BCUT2D eigenvalue weighted by atomic mass is 10.2. The van der Waals surface area contributed by atoms with Crippen LogP contribution in [0, 0.1) is 0 Å². The minimum absolute atomic E-state index is 0.171. The summed E-state index contributed by atoms with van der Waals surface area (Å²) in [4.78, 5) is 26.2. The lowest BCUT2D eigenvalue weighted by Crippen LogP contribution is -2.30. The third kappa shape index (κ3) is 4.96. The Hall–Kier alpha value is -2.58. The number of amides is 1. The first kappa shape index (κ1) is 19.7. The van der Waals surface area contributed by atoms with E-state index in [1.165, 1.54) is 18.4 Å². The Labute approximate surface area is 156 Å². The van der Waals surface area contributed by atoms with Crippen molar-refractivity contribution in [3.8, 4) is 11.5 Å². The summed E-state index contributed by atoms with van der Waals surface area (Å²) in [5.74, 6) is 0.624. The van der Waals surface area contributed by atoms with Crippen LogP contribution in [0.3, 0.4) is 0 Å². The minimum atomic E-state index is -0.464. The highest BCUT2D eigenvalue weighted by atomic mass is 32.1. The Morgan fingerprint density at radius 2 is 1.85 bits per heavy atom. The third-order valence-electron chi connectivity index (χ3n) is 3.62. The van der Waals surface area contributed by atoms with Crippen LogP contribution in [0.15, 0.2) is 29.6 Å². The Morgan fingerprint density at radius 1 is 1.12 bits per heavy atom. The topological polar surface area (TPSA) is 77.1 Å². The van der Waals surface area contributed by atoms with Crippen LogP contribution >= 0.6 is 11.3 Å². The van der Waals surface area contributed by atoms with Crippen LogP contribution in [0.25, 0.3) is 0 Å². The molecule has 26 heavy (non-hydrogen) atoms. The zero-order valence-corrected chi connectivity index (χ0v) is 16.0. The fourth-order valence-corrected chi connectivity index (χ4v) is 3.21. The Bertz CT molecular complexity index is 775. The van der Waals surface area contributed by atoms with Crippen molar-refractivity contribution in [3.63, 3.8) is 0 Å². The summed E-state index contributed by atoms with van der Waals surface area (Å²) in [6.07, 6.45) is 0. The molecule has 0 unspecified atom stereocenters. The van der Waals surface area contributed by atoms with Crippen LogP contribution in [0.4, 0.5) is 5.69 Å². The fraction of sp³-hybridized carbons (Fsp3) is 0.333. The first-order valence-corrected chi connectivity index (χ1v) is 8.71. The zero-order valence-electron chi connectivity index (χ0n) is 15.2. The van der Waals surface area contributed by atoms with Crippen molar-refractivity contribution in [2.45, 2.75) is 6.54 Å². The normalized spacial score (nSPS) is 10.5. The van der Waals surface area contributed by atoms with Gasteiger partial charge in [-0.15, -0.1) is 11.3 Å². The Balaban J connectivity index is 1.95. The number of hydrogen-bond donors (Lipinski definition) is 1. The van der Waals surface area contributed by atoms with E-state index in [9.17, 15) is 9.59 Å². The first-order chi connectivity index (χ1) is 12.5. The maximum absolute atomic E-state index is 12.3. The summed E-state index contributed by atoms with van der Waals surface area (Å²) in [5, 5.41) is 4.48. The predicted molar refractivity (Wildman–Crippen MR) is 100 cm³/mol. The number of methoxy groups -OCH3 is 3. The standard InChI is InChI=1S/C18H22N2O5S/c1-20(10-12-5-6-14(23-2)15(9-12)24-3)11-16(21)19-13-7-8-26-17(13)18(22)25-4/h5-9H,10-11H2,1-4H3,(H,19,21). The molecule has 0 radical (unpaired) electrons. The number of rotatable bonds is 8. The third-order valence-corrected chi connectivity index (χ3v) is 4.52. The summed E-state index contributed by atoms with van der Waals surface area (Å²) >= 11 is 1.22. The average Bonchev–Trinajstić information content (AvgIpc) is 3.08. The van der Waals surface area contributed by atoms with Crippen LogP contribution < -0.4 is 14.8 Å². The summed E-state index contributed by atoms with van der Waals surface area (Å²) in [7, 11) is 6.31. The maximum atomic E-state index is 12.3. The average molecular weight is 378 g/mol. The number of benzene rings is 1. The van der Waals surface area contributed by atoms with Crippen LogP contribution in [-0.2, 0) is 16.1 Å². The number of thiophene rings is 1. The van der Waals surface area contributed by atoms with Gasteiger partial charge in [0.1, 0.15) is 4.88 Å². The number of ether oxygens (including phenoxy) is 3. The van der Waals surface area contributed by atoms with Gasteiger partial charge < -0.3 is 19.5 Å². The summed E-state index contributed by atoms with van der Waals surface area (Å²) in [5.41, 5.74) is 1.45. The van der Waals surface area contributed by atoms with Gasteiger partial charge in [0.15, 0.2) is 11.5 Å². The second-order valence-electron chi connectivity index (χ2n) is 5.56. The number of hydrogen-bond acceptors (Lipinski definition) is 7. The highest BCUT2D eigenvalue weighted by Gasteiger charge is 2.16. The number of anilines is 1. The molecule has 8 heteroatoms. The molecule has 1 aromatic heterocycles. The number of carbonyl (C=O) groups is 2. The summed E-state index contributed by atoms with van der Waals surface area (Å²) < 4.78 is 15.2. The van der Waals surface area contributed by atoms with Crippen molar-refractivity contribution in [2.24, 2.45) is 0 Å². The zero-order chi connectivity index (χ0) is 19.1. The van der Waals surface area contributed by atoms with E-state index < -0.39 is 5.97 Å². The first-order valence-electron chi connectivity index (χ1n) is 7.83. The number of likely N-dealkylation sites (N-methyl/N-ethyl adjacent to an activating group) is 1. The SMILES string of the molecule is COC(=O)c1sccc1NC(=O)CN(C)Cc1ccc(OC)c(OC)c1. The molecule has 0 saturated carbocycles. The number of nitrogens with one attached hydrogen (secondary N) is 1. The molecule has 0 fully saturated rings. The molecule has 0 bridgehead atoms. The van der Waals surface area contributed by atoms with Gasteiger partial charge >= 0.3 is 5.97 Å². The lowest BCUT2D eigenvalue weighted by Gasteiger charge is -2.17. The second-order valence-corrected chi connectivity index (χ2v) is 6.48. The van der Waals surface area contributed by atoms with Crippen molar-refractivity contribution < 1.29 is 23.8 Å². The van der Waals surface area contributed by atoms with Crippen LogP contribution in [0.5, 0.6) is 11.5 Å². The van der Waals surface area contributed by atoms with E-state index in [0.717, 1.165) is 5.56 Å². The van der Waals surface area contributed by atoms with Gasteiger partial charge in [0.05, 0.1) is 33.6 Å². The number of carbonyl (C=O) groups excluding carboxylic acids is 2. The van der Waals surface area contributed by atoms with Gasteiger partial charge in [-0.3, -0.25) is 9.69 Å². The molecule has 0 aliphatic heterocycles. The Kier molecular flexibility index (Phi) is 6.99. The van der Waals surface area contributed by atoms with E-state index in [-0.39, 0.29) is 12.5 Å². The smallest absolute Gasteiger partial charge is 0.350 e. The van der Waals surface area contributed by atoms with Crippen molar-refractivity contribution in [1.82, 2.24) is 4.90 Å². The Morgan fingerprint density at radius 3 is 2.50 bits per heavy atom. The van der Waals surface area contributed by atoms with Crippen LogP contribution in [0.1, 0.15) is 15.2 Å². The molecule has 0 aliphatic carbocycles. The number of nitrogens with zero attached hydrogens (tertiary/aromatic N) is 1. The molecule has 1 heterocycles. The second kappa shape index (κ2) is 9.21. The lowest BCUT2D eigenvalue weighted by molar-refractivity contribution is -0.117. The van der Waals surface area contributed by atoms with E-state index in [1.807, 2.05) is 30.1 Å². The molecule has 2 rings (SSSR count). The molecule has 0 aliphatic rings. The molecule has 0 saturated heterocycles. The van der Waals surface area contributed by atoms with E-state index in [2.05, 4.69) is 5.32 Å². The van der Waals surface area contributed by atoms with E-state index >= 15 is 0 Å². The van der Waals surface area contributed by atoms with E-state index in [4.69, 9.17) is 14.2 Å². The van der Waals surface area contributed by atoms with Crippen molar-refractivity contribution >= 4 is 28.9 Å². The molecular weight excluding hydrogens is 356 g/mol. The van der Waals surface area contributed by atoms with E-state index in [0.29, 0.717) is 28.6 Å². The minimum Gasteiger partial charge on any atom is -0.493 e. The molecule has 140 valence electrons. The predicted octanol–water partition coefficient (Wildman–Crippen LogP) is 2.62. The van der Waals surface area contributed by atoms with Gasteiger partial charge in [-0.1, -0.05) is 6.07 Å². The van der Waals surface area contributed by atoms with Crippen LogP contribution in [0.2, 0.25) is 0 Å². The summed E-state index contributed by atoms with van der Waals surface area (Å²) in [6, 6.07) is 7.31. The monoisotopic (exact) mass is 378 g/mol. The number of esters is 1. The quantitative estimate of drug-likeness (QED) is 0.712. The van der Waals surface area contributed by atoms with Crippen molar-refractivity contribution in [2.75, 3.05) is 40.2 Å². The molecule has 2 aromatic rings. The molecule has 1 aromatic carbocycles. The largest absolute Gasteiger partial charge is 0.493 e. The van der Waals surface area contributed by atoms with Gasteiger partial charge in [0, 0.05) is 6.54 Å². The van der Waals surface area contributed by atoms with Gasteiger partial charge in [0.25, 0.3) is 0 Å². The highest BCUT2D eigenvalue weighted by Crippen LogP contribution is 2.28. The molecule has 0 atom stereocenters. The fourth-order valence-electron chi connectivity index (χ4n) is 2.44. The van der Waals surface area contributed by atoms with Crippen LogP contribution in [-0.4, -0.2) is 51.7 Å². The van der Waals surface area contributed by atoms with Gasteiger partial charge in [0.2, 0.25) is 5.91 Å². The summed E-state index contributed by atoms with van der Waals surface area (Å²) in [6.45, 7) is 0.728. The van der Waals surface area contributed by atoms with Gasteiger partial charge in [-0.2, -0.15) is 0 Å². The van der Waals surface area contributed by atoms with Crippen molar-refractivity contribution in [1.29, 1.82) is 0 Å².